The van der Waals surface area contributed by atoms with Gasteiger partial charge in [0, 0.05) is 6.42 Å². The van der Waals surface area contributed by atoms with Gasteiger partial charge in [0.1, 0.15) is 11.5 Å². The highest BCUT2D eigenvalue weighted by Crippen LogP contribution is 2.09. The number of carbonyl (C=O) groups is 1. The third-order valence-corrected chi connectivity index (χ3v) is 2.05. The summed E-state index contributed by atoms with van der Waals surface area (Å²) < 4.78 is 1.43. The molecule has 0 aliphatic carbocycles. The number of carboxylic acids is 1. The van der Waals surface area contributed by atoms with Gasteiger partial charge in [-0.2, -0.15) is 0 Å². The van der Waals surface area contributed by atoms with Crippen LogP contribution in [0, 0.1) is 0 Å². The van der Waals surface area contributed by atoms with E-state index in [9.17, 15) is 4.79 Å². The molecule has 0 amide bonds. The van der Waals surface area contributed by atoms with Crippen LogP contribution in [0.2, 0.25) is 0 Å². The Bertz CT molecular complexity index is 506. The minimum absolute atomic E-state index is 0.0885. The second kappa shape index (κ2) is 3.66. The predicted molar refractivity (Wildman–Crippen MR) is 50.7 cm³/mol. The van der Waals surface area contributed by atoms with E-state index in [1.165, 1.54) is 10.5 Å². The summed E-state index contributed by atoms with van der Waals surface area (Å²) in [5, 5.41) is 25.4. The number of pyridine rings is 1. The van der Waals surface area contributed by atoms with Crippen molar-refractivity contribution in [2.24, 2.45) is 0 Å². The molecule has 15 heavy (non-hydrogen) atoms. The van der Waals surface area contributed by atoms with Gasteiger partial charge in [-0.15, -0.1) is 10.2 Å². The Balaban J connectivity index is 2.69. The molecule has 2 rings (SSSR count). The number of nitrogens with zero attached hydrogens (tertiary/aromatic N) is 3. The van der Waals surface area contributed by atoms with Crippen LogP contribution >= 0.6 is 0 Å². The zero-order valence-electron chi connectivity index (χ0n) is 7.79. The van der Waals surface area contributed by atoms with Crippen molar-refractivity contribution in [1.29, 1.82) is 0 Å². The lowest BCUT2D eigenvalue weighted by molar-refractivity contribution is 0.0688. The Morgan fingerprint density at radius 3 is 2.87 bits per heavy atom. The summed E-state index contributed by atoms with van der Waals surface area (Å²) in [4.78, 5) is 10.9. The molecule has 0 bridgehead atoms. The highest BCUT2D eigenvalue weighted by molar-refractivity contribution is 5.86. The summed E-state index contributed by atoms with van der Waals surface area (Å²) >= 11 is 0. The Labute approximate surface area is 84.8 Å². The Kier molecular flexibility index (Phi) is 2.34. The molecule has 6 nitrogen and oxygen atoms in total. The minimum atomic E-state index is -1.04. The SMILES string of the molecule is O=C(O)c1cccc2nnc(CCO)n12. The third-order valence-electron chi connectivity index (χ3n) is 2.05. The smallest absolute Gasteiger partial charge is 0.352 e. The molecule has 2 N–H and O–H groups in total. The van der Waals surface area contributed by atoms with Gasteiger partial charge in [-0.25, -0.2) is 4.79 Å². The van der Waals surface area contributed by atoms with Gasteiger partial charge in [-0.1, -0.05) is 6.07 Å². The zero-order valence-corrected chi connectivity index (χ0v) is 7.79. The highest BCUT2D eigenvalue weighted by Gasteiger charge is 2.12. The van der Waals surface area contributed by atoms with Gasteiger partial charge in [-0.05, 0) is 12.1 Å². The molecular weight excluding hydrogens is 198 g/mol. The van der Waals surface area contributed by atoms with Crippen molar-refractivity contribution in [3.05, 3.63) is 29.7 Å². The van der Waals surface area contributed by atoms with Crippen LogP contribution in [0.15, 0.2) is 18.2 Å². The summed E-state index contributed by atoms with van der Waals surface area (Å²) in [6, 6.07) is 4.75. The van der Waals surface area contributed by atoms with Crippen LogP contribution in [0.25, 0.3) is 5.65 Å². The normalized spacial score (nSPS) is 10.7. The Hall–Kier alpha value is -1.95. The molecule has 78 valence electrons. The lowest BCUT2D eigenvalue weighted by Gasteiger charge is -2.01. The lowest BCUT2D eigenvalue weighted by atomic mass is 10.3. The molecule has 0 aliphatic heterocycles. The van der Waals surface area contributed by atoms with E-state index in [0.717, 1.165) is 0 Å². The number of fused-ring (bicyclic) bond motifs is 1. The van der Waals surface area contributed by atoms with Crippen LogP contribution in [0.5, 0.6) is 0 Å². The fraction of sp³-hybridized carbons (Fsp3) is 0.222. The first kappa shape index (κ1) is 9.60. The van der Waals surface area contributed by atoms with E-state index in [-0.39, 0.29) is 18.7 Å². The number of hydrogen-bond donors (Lipinski definition) is 2. The summed E-state index contributed by atoms with van der Waals surface area (Å²) in [6.07, 6.45) is 0.283. The van der Waals surface area contributed by atoms with Crippen molar-refractivity contribution in [1.82, 2.24) is 14.6 Å². The average Bonchev–Trinajstić information content (AvgIpc) is 2.62. The summed E-state index contributed by atoms with van der Waals surface area (Å²) in [7, 11) is 0. The van der Waals surface area contributed by atoms with Gasteiger partial charge < -0.3 is 10.2 Å². The molecule has 0 saturated heterocycles. The predicted octanol–water partition coefficient (Wildman–Crippen LogP) is -0.0377. The summed E-state index contributed by atoms with van der Waals surface area (Å²) in [6.45, 7) is -0.0885. The molecule has 0 aromatic carbocycles. The van der Waals surface area contributed by atoms with E-state index in [4.69, 9.17) is 10.2 Å². The van der Waals surface area contributed by atoms with Crippen LogP contribution in [0.3, 0.4) is 0 Å². The van der Waals surface area contributed by atoms with E-state index in [1.54, 1.807) is 12.1 Å². The van der Waals surface area contributed by atoms with Crippen LogP contribution in [0.4, 0.5) is 0 Å². The van der Waals surface area contributed by atoms with Crippen molar-refractivity contribution in [3.8, 4) is 0 Å². The maximum atomic E-state index is 10.9. The van der Waals surface area contributed by atoms with Gasteiger partial charge in [0.2, 0.25) is 0 Å². The van der Waals surface area contributed by atoms with E-state index in [2.05, 4.69) is 10.2 Å². The molecule has 6 heteroatoms. The Morgan fingerprint density at radius 2 is 2.20 bits per heavy atom. The summed E-state index contributed by atoms with van der Waals surface area (Å²) in [5.74, 6) is -0.593. The first-order valence-corrected chi connectivity index (χ1v) is 4.41. The lowest BCUT2D eigenvalue weighted by Crippen LogP contribution is -2.08. The van der Waals surface area contributed by atoms with Crippen molar-refractivity contribution < 1.29 is 15.0 Å². The number of aromatic carboxylic acids is 1. The van der Waals surface area contributed by atoms with E-state index in [1.807, 2.05) is 0 Å². The molecule has 0 saturated carbocycles. The molecule has 0 fully saturated rings. The number of carboxylic acid groups (broad SMARTS) is 1. The maximum absolute atomic E-state index is 10.9. The molecule has 2 aromatic heterocycles. The van der Waals surface area contributed by atoms with Gasteiger partial charge in [0.05, 0.1) is 6.61 Å². The summed E-state index contributed by atoms with van der Waals surface area (Å²) in [5.41, 5.74) is 0.569. The first-order chi connectivity index (χ1) is 7.24. The van der Waals surface area contributed by atoms with Crippen LogP contribution in [-0.2, 0) is 6.42 Å². The minimum Gasteiger partial charge on any atom is -0.477 e. The van der Waals surface area contributed by atoms with Gasteiger partial charge >= 0.3 is 5.97 Å². The number of aliphatic hydroxyl groups is 1. The zero-order chi connectivity index (χ0) is 10.8. The van der Waals surface area contributed by atoms with Crippen molar-refractivity contribution >= 4 is 11.6 Å². The monoisotopic (exact) mass is 207 g/mol. The number of aliphatic hydroxyl groups excluding tert-OH is 1. The van der Waals surface area contributed by atoms with Crippen LogP contribution in [-0.4, -0.2) is 37.4 Å². The third kappa shape index (κ3) is 1.55. The van der Waals surface area contributed by atoms with E-state index < -0.39 is 5.97 Å². The molecule has 0 unspecified atom stereocenters. The quantitative estimate of drug-likeness (QED) is 0.737. The maximum Gasteiger partial charge on any atom is 0.352 e. The number of rotatable bonds is 3. The molecule has 0 atom stereocenters. The second-order valence-electron chi connectivity index (χ2n) is 3.00. The Morgan fingerprint density at radius 1 is 1.40 bits per heavy atom. The van der Waals surface area contributed by atoms with E-state index >= 15 is 0 Å². The molecular formula is C9H9N3O3. The second-order valence-corrected chi connectivity index (χ2v) is 3.00. The van der Waals surface area contributed by atoms with Crippen LogP contribution in [0.1, 0.15) is 16.3 Å². The van der Waals surface area contributed by atoms with E-state index in [0.29, 0.717) is 11.5 Å². The molecule has 2 heterocycles. The van der Waals surface area contributed by atoms with Crippen molar-refractivity contribution in [3.63, 3.8) is 0 Å². The fourth-order valence-corrected chi connectivity index (χ4v) is 1.43. The largest absolute Gasteiger partial charge is 0.477 e. The highest BCUT2D eigenvalue weighted by atomic mass is 16.4. The number of hydrogen-bond acceptors (Lipinski definition) is 4. The topological polar surface area (TPSA) is 87.7 Å². The fourth-order valence-electron chi connectivity index (χ4n) is 1.43. The molecule has 2 aromatic rings. The van der Waals surface area contributed by atoms with Crippen molar-refractivity contribution in [2.45, 2.75) is 6.42 Å². The standard InChI is InChI=1S/C9H9N3O3/c13-5-4-8-11-10-7-3-1-2-6(9(14)15)12(7)8/h1-3,13H,4-5H2,(H,14,15). The molecule has 0 aliphatic rings. The van der Waals surface area contributed by atoms with Gasteiger partial charge in [0.25, 0.3) is 0 Å². The first-order valence-electron chi connectivity index (χ1n) is 4.41. The van der Waals surface area contributed by atoms with Crippen LogP contribution < -0.4 is 0 Å². The molecule has 0 radical (unpaired) electrons. The average molecular weight is 207 g/mol. The number of aromatic nitrogens is 3. The molecule has 0 spiro atoms. The van der Waals surface area contributed by atoms with Gasteiger partial charge in [0.15, 0.2) is 5.65 Å². The van der Waals surface area contributed by atoms with Gasteiger partial charge in [-0.3, -0.25) is 4.40 Å². The van der Waals surface area contributed by atoms with Crippen molar-refractivity contribution in [2.75, 3.05) is 6.61 Å².